The number of likely N-dealkylation sites (N-methyl/N-ethyl adjacent to an activating group) is 1. The van der Waals surface area contributed by atoms with E-state index in [0.717, 1.165) is 43.0 Å². The van der Waals surface area contributed by atoms with Crippen LogP contribution in [0.5, 0.6) is 0 Å². The van der Waals surface area contributed by atoms with E-state index < -0.39 is 0 Å². The molecular formula is C12H17N5. The highest BCUT2D eigenvalue weighted by Crippen LogP contribution is 2.18. The Kier molecular flexibility index (Phi) is 2.48. The molecule has 90 valence electrons. The van der Waals surface area contributed by atoms with Gasteiger partial charge in [-0.25, -0.2) is 4.98 Å². The third-order valence-electron chi connectivity index (χ3n) is 3.39. The van der Waals surface area contributed by atoms with Gasteiger partial charge in [-0.2, -0.15) is 5.10 Å². The van der Waals surface area contributed by atoms with Gasteiger partial charge >= 0.3 is 0 Å². The number of anilines is 1. The Labute approximate surface area is 101 Å². The van der Waals surface area contributed by atoms with Gasteiger partial charge in [0.1, 0.15) is 5.82 Å². The summed E-state index contributed by atoms with van der Waals surface area (Å²) in [6, 6.07) is 4.19. The predicted molar refractivity (Wildman–Crippen MR) is 68.2 cm³/mol. The quantitative estimate of drug-likeness (QED) is 0.725. The molecule has 0 bridgehead atoms. The molecule has 0 aliphatic carbocycles. The highest BCUT2D eigenvalue weighted by Gasteiger charge is 2.15. The molecule has 5 nitrogen and oxygen atoms in total. The maximum Gasteiger partial charge on any atom is 0.159 e. The number of fused-ring (bicyclic) bond motifs is 1. The lowest BCUT2D eigenvalue weighted by atomic mass is 10.3. The van der Waals surface area contributed by atoms with E-state index >= 15 is 0 Å². The van der Waals surface area contributed by atoms with E-state index in [1.165, 1.54) is 0 Å². The molecule has 17 heavy (non-hydrogen) atoms. The minimum absolute atomic E-state index is 0.960. The van der Waals surface area contributed by atoms with Gasteiger partial charge in [-0.15, -0.1) is 0 Å². The van der Waals surface area contributed by atoms with Crippen LogP contribution in [-0.2, 0) is 7.05 Å². The molecule has 0 N–H and O–H groups in total. The van der Waals surface area contributed by atoms with Crippen molar-refractivity contribution in [1.29, 1.82) is 0 Å². The summed E-state index contributed by atoms with van der Waals surface area (Å²) in [5, 5.41) is 5.32. The second-order valence-electron chi connectivity index (χ2n) is 4.64. The van der Waals surface area contributed by atoms with Gasteiger partial charge in [-0.1, -0.05) is 0 Å². The van der Waals surface area contributed by atoms with E-state index in [4.69, 9.17) is 4.98 Å². The molecule has 3 heterocycles. The summed E-state index contributed by atoms with van der Waals surface area (Å²) >= 11 is 0. The average Bonchev–Trinajstić information content (AvgIpc) is 2.72. The number of hydrogen-bond acceptors (Lipinski definition) is 4. The van der Waals surface area contributed by atoms with Crippen molar-refractivity contribution in [3.63, 3.8) is 0 Å². The molecule has 0 unspecified atom stereocenters. The largest absolute Gasteiger partial charge is 0.354 e. The minimum atomic E-state index is 0.960. The number of nitrogens with zero attached hydrogens (tertiary/aromatic N) is 5. The van der Waals surface area contributed by atoms with E-state index in [0.29, 0.717) is 0 Å². The van der Waals surface area contributed by atoms with Crippen LogP contribution < -0.4 is 4.90 Å². The van der Waals surface area contributed by atoms with Gasteiger partial charge in [0.05, 0.1) is 6.20 Å². The Morgan fingerprint density at radius 1 is 1.06 bits per heavy atom. The molecule has 1 aliphatic heterocycles. The Bertz CT molecular complexity index is 525. The lowest BCUT2D eigenvalue weighted by molar-refractivity contribution is 0.312. The summed E-state index contributed by atoms with van der Waals surface area (Å²) in [6.07, 6.45) is 1.86. The molecule has 0 spiro atoms. The van der Waals surface area contributed by atoms with Crippen molar-refractivity contribution < 1.29 is 0 Å². The topological polar surface area (TPSA) is 37.2 Å². The van der Waals surface area contributed by atoms with Gasteiger partial charge in [-0.05, 0) is 19.2 Å². The maximum atomic E-state index is 4.69. The third kappa shape index (κ3) is 1.86. The molecule has 1 fully saturated rings. The summed E-state index contributed by atoms with van der Waals surface area (Å²) in [5.74, 6) is 1.06. The first kappa shape index (κ1) is 10.5. The van der Waals surface area contributed by atoms with Crippen molar-refractivity contribution in [2.75, 3.05) is 38.1 Å². The molecule has 0 aromatic carbocycles. The number of hydrogen-bond donors (Lipinski definition) is 0. The monoisotopic (exact) mass is 231 g/mol. The van der Waals surface area contributed by atoms with Gasteiger partial charge in [0.25, 0.3) is 0 Å². The van der Waals surface area contributed by atoms with E-state index in [9.17, 15) is 0 Å². The van der Waals surface area contributed by atoms with Crippen molar-refractivity contribution in [2.45, 2.75) is 0 Å². The van der Waals surface area contributed by atoms with Crippen molar-refractivity contribution in [1.82, 2.24) is 19.7 Å². The van der Waals surface area contributed by atoms with Crippen LogP contribution in [0.15, 0.2) is 18.3 Å². The van der Waals surface area contributed by atoms with Crippen LogP contribution in [0.3, 0.4) is 0 Å². The smallest absolute Gasteiger partial charge is 0.159 e. The number of piperazine rings is 1. The Morgan fingerprint density at radius 3 is 2.59 bits per heavy atom. The van der Waals surface area contributed by atoms with Crippen molar-refractivity contribution in [3.8, 4) is 0 Å². The Balaban J connectivity index is 1.92. The number of aryl methyl sites for hydroxylation is 1. The molecule has 3 rings (SSSR count). The minimum Gasteiger partial charge on any atom is -0.354 e. The highest BCUT2D eigenvalue weighted by molar-refractivity contribution is 5.76. The zero-order valence-corrected chi connectivity index (χ0v) is 10.3. The molecule has 2 aromatic rings. The summed E-state index contributed by atoms with van der Waals surface area (Å²) in [7, 11) is 4.10. The van der Waals surface area contributed by atoms with E-state index in [-0.39, 0.29) is 0 Å². The van der Waals surface area contributed by atoms with Gasteiger partial charge in [-0.3, -0.25) is 4.68 Å². The summed E-state index contributed by atoms with van der Waals surface area (Å²) in [5.41, 5.74) is 0.960. The van der Waals surface area contributed by atoms with Crippen LogP contribution in [0.2, 0.25) is 0 Å². The average molecular weight is 231 g/mol. The molecule has 1 aliphatic rings. The first-order valence-corrected chi connectivity index (χ1v) is 5.96. The zero-order valence-electron chi connectivity index (χ0n) is 10.3. The van der Waals surface area contributed by atoms with Crippen molar-refractivity contribution in [3.05, 3.63) is 18.3 Å². The first-order valence-electron chi connectivity index (χ1n) is 5.96. The molecule has 0 atom stereocenters. The van der Waals surface area contributed by atoms with Crippen molar-refractivity contribution in [2.24, 2.45) is 7.05 Å². The molecule has 0 saturated carbocycles. The lowest BCUT2D eigenvalue weighted by Gasteiger charge is -2.33. The van der Waals surface area contributed by atoms with E-state index in [1.807, 2.05) is 17.9 Å². The van der Waals surface area contributed by atoms with Crippen molar-refractivity contribution >= 4 is 16.9 Å². The fourth-order valence-corrected chi connectivity index (χ4v) is 2.22. The lowest BCUT2D eigenvalue weighted by Crippen LogP contribution is -2.44. The van der Waals surface area contributed by atoms with Gasteiger partial charge < -0.3 is 9.80 Å². The van der Waals surface area contributed by atoms with Crippen LogP contribution in [0, 0.1) is 0 Å². The van der Waals surface area contributed by atoms with Crippen LogP contribution >= 0.6 is 0 Å². The highest BCUT2D eigenvalue weighted by atomic mass is 15.3. The molecular weight excluding hydrogens is 214 g/mol. The van der Waals surface area contributed by atoms with E-state index in [2.05, 4.69) is 34.1 Å². The fraction of sp³-hybridized carbons (Fsp3) is 0.500. The number of rotatable bonds is 1. The Hall–Kier alpha value is -1.62. The predicted octanol–water partition coefficient (Wildman–Crippen LogP) is 0.720. The third-order valence-corrected chi connectivity index (χ3v) is 3.39. The van der Waals surface area contributed by atoms with Crippen LogP contribution in [0.25, 0.3) is 11.0 Å². The van der Waals surface area contributed by atoms with Gasteiger partial charge in [0, 0.05) is 38.6 Å². The second-order valence-corrected chi connectivity index (χ2v) is 4.64. The normalized spacial score (nSPS) is 17.9. The summed E-state index contributed by atoms with van der Waals surface area (Å²) in [6.45, 7) is 4.30. The molecule has 2 aromatic heterocycles. The molecule has 1 saturated heterocycles. The maximum absolute atomic E-state index is 4.69. The Morgan fingerprint density at radius 2 is 1.82 bits per heavy atom. The summed E-state index contributed by atoms with van der Waals surface area (Å²) in [4.78, 5) is 9.38. The first-order chi connectivity index (χ1) is 8.24. The van der Waals surface area contributed by atoms with Gasteiger partial charge in [0.2, 0.25) is 0 Å². The van der Waals surface area contributed by atoms with Crippen LogP contribution in [0.1, 0.15) is 0 Å². The van der Waals surface area contributed by atoms with Crippen LogP contribution in [-0.4, -0.2) is 52.9 Å². The standard InChI is InChI=1S/C12H17N5/c1-15-5-7-17(8-6-15)11-4-3-10-9-13-16(2)12(10)14-11/h3-4,9H,5-8H2,1-2H3. The fourth-order valence-electron chi connectivity index (χ4n) is 2.22. The molecule has 0 radical (unpaired) electrons. The SMILES string of the molecule is CN1CCN(c2ccc3cnn(C)c3n2)CC1. The molecule has 0 amide bonds. The number of pyridine rings is 1. The molecule has 5 heteroatoms. The number of aromatic nitrogens is 3. The zero-order chi connectivity index (χ0) is 11.8. The summed E-state index contributed by atoms with van der Waals surface area (Å²) < 4.78 is 1.83. The van der Waals surface area contributed by atoms with Gasteiger partial charge in [0.15, 0.2) is 5.65 Å². The van der Waals surface area contributed by atoms with Crippen LogP contribution in [0.4, 0.5) is 5.82 Å². The second kappa shape index (κ2) is 4.00. The van der Waals surface area contributed by atoms with E-state index in [1.54, 1.807) is 0 Å².